The lowest BCUT2D eigenvalue weighted by atomic mass is 10.7. The molecule has 0 fully saturated rings. The van der Waals surface area contributed by atoms with Crippen LogP contribution in [-0.4, -0.2) is 16.5 Å². The standard InChI is InChI=1S/C2H7BrNO4P/c3-1-2(4)8-9(5,6)7/h2H,1,4H2,(H2,5,6,7)/t2-/m1/s1. The summed E-state index contributed by atoms with van der Waals surface area (Å²) in [6, 6.07) is 0. The molecule has 4 N–H and O–H groups in total. The van der Waals surface area contributed by atoms with Gasteiger partial charge >= 0.3 is 0 Å². The maximum absolute atomic E-state index is 9.90. The van der Waals surface area contributed by atoms with Crippen LogP contribution in [0, 0.1) is 0 Å². The van der Waals surface area contributed by atoms with Gasteiger partial charge in [0.2, 0.25) is 6.23 Å². The van der Waals surface area contributed by atoms with E-state index in [9.17, 15) is 9.46 Å². The quantitative estimate of drug-likeness (QED) is 0.341. The molecule has 0 saturated carbocycles. The average Bonchev–Trinajstić information content (AvgIpc) is 1.62. The number of rotatable bonds is 3. The summed E-state index contributed by atoms with van der Waals surface area (Å²) in [5.41, 5.74) is 3.24. The predicted octanol–water partition coefficient (Wildman–Crippen LogP) is -1.57. The van der Waals surface area contributed by atoms with E-state index in [0.29, 0.717) is 0 Å². The lowest BCUT2D eigenvalue weighted by Gasteiger charge is -2.16. The van der Waals surface area contributed by atoms with Gasteiger partial charge in [-0.05, 0) is 0 Å². The van der Waals surface area contributed by atoms with Crippen LogP contribution >= 0.6 is 23.8 Å². The van der Waals surface area contributed by atoms with Gasteiger partial charge in [-0.2, -0.15) is 0 Å². The molecule has 0 bridgehead atoms. The Morgan fingerprint density at radius 1 is 2.00 bits per heavy atom. The molecular formula is C2H7BrNO4P. The van der Waals surface area contributed by atoms with Crippen LogP contribution in [0.5, 0.6) is 0 Å². The molecule has 56 valence electrons. The summed E-state index contributed by atoms with van der Waals surface area (Å²) in [5, 5.41) is 0.264. The lowest BCUT2D eigenvalue weighted by molar-refractivity contribution is -0.471. The molecular weight excluding hydrogens is 213 g/mol. The van der Waals surface area contributed by atoms with Gasteiger partial charge in [0.05, 0.1) is 5.33 Å². The van der Waals surface area contributed by atoms with Crippen LogP contribution in [0.4, 0.5) is 0 Å². The van der Waals surface area contributed by atoms with Gasteiger partial charge in [0.1, 0.15) is 0 Å². The van der Waals surface area contributed by atoms with Gasteiger partial charge < -0.3 is 15.5 Å². The maximum Gasteiger partial charge on any atom is 0.269 e. The number of hydrogen-bond donors (Lipinski definition) is 2. The van der Waals surface area contributed by atoms with Gasteiger partial charge in [-0.15, -0.1) is 0 Å². The summed E-state index contributed by atoms with van der Waals surface area (Å²) >= 11 is 2.91. The molecule has 0 radical (unpaired) electrons. The van der Waals surface area contributed by atoms with Gasteiger partial charge in [-0.1, -0.05) is 15.9 Å². The first-order valence-electron chi connectivity index (χ1n) is 2.07. The van der Waals surface area contributed by atoms with Crippen LogP contribution in [0.25, 0.3) is 0 Å². The lowest BCUT2D eigenvalue weighted by Crippen LogP contribution is -2.63. The minimum absolute atomic E-state index is 0.264. The molecule has 0 aliphatic heterocycles. The average molecular weight is 220 g/mol. The highest BCUT2D eigenvalue weighted by Crippen LogP contribution is 2.30. The number of quaternary nitrogens is 1. The van der Waals surface area contributed by atoms with Crippen molar-refractivity contribution in [2.24, 2.45) is 0 Å². The van der Waals surface area contributed by atoms with E-state index < -0.39 is 14.1 Å². The minimum Gasteiger partial charge on any atom is -0.756 e. The SMILES string of the molecule is [NH3+][C@@H](CBr)OP(=O)([O-])O. The predicted molar refractivity (Wildman–Crippen MR) is 31.4 cm³/mol. The van der Waals surface area contributed by atoms with Crippen LogP contribution in [0.15, 0.2) is 0 Å². The van der Waals surface area contributed by atoms with Gasteiger partial charge in [0.15, 0.2) is 0 Å². The second-order valence-corrected chi connectivity index (χ2v) is 3.15. The van der Waals surface area contributed by atoms with Crippen molar-refractivity contribution in [2.75, 3.05) is 5.33 Å². The Balaban J connectivity index is 3.60. The smallest absolute Gasteiger partial charge is 0.269 e. The molecule has 0 rings (SSSR count). The Bertz CT molecular complexity index is 124. The highest BCUT2D eigenvalue weighted by Gasteiger charge is 2.10. The molecule has 0 saturated heterocycles. The zero-order chi connectivity index (χ0) is 7.49. The first kappa shape index (κ1) is 9.55. The largest absolute Gasteiger partial charge is 0.756 e. The zero-order valence-electron chi connectivity index (χ0n) is 4.49. The normalized spacial score (nSPS) is 20.9. The number of halogens is 1. The topological polar surface area (TPSA) is 97.2 Å². The molecule has 0 aliphatic carbocycles. The highest BCUT2D eigenvalue weighted by atomic mass is 79.9. The summed E-state index contributed by atoms with van der Waals surface area (Å²) in [4.78, 5) is 17.9. The van der Waals surface area contributed by atoms with Crippen molar-refractivity contribution in [1.82, 2.24) is 0 Å². The van der Waals surface area contributed by atoms with Crippen LogP contribution in [0.2, 0.25) is 0 Å². The second-order valence-electron chi connectivity index (χ2n) is 1.35. The van der Waals surface area contributed by atoms with Gasteiger partial charge in [0, 0.05) is 0 Å². The van der Waals surface area contributed by atoms with E-state index in [4.69, 9.17) is 4.89 Å². The molecule has 9 heavy (non-hydrogen) atoms. The third kappa shape index (κ3) is 6.44. The van der Waals surface area contributed by atoms with E-state index in [1.165, 1.54) is 0 Å². The Hall–Kier alpha value is 0.550. The van der Waals surface area contributed by atoms with Crippen molar-refractivity contribution in [3.8, 4) is 0 Å². The van der Waals surface area contributed by atoms with Crippen molar-refractivity contribution in [3.05, 3.63) is 0 Å². The fraction of sp³-hybridized carbons (Fsp3) is 1.00. The third-order valence-electron chi connectivity index (χ3n) is 0.454. The Labute approximate surface area is 60.6 Å². The Morgan fingerprint density at radius 2 is 2.44 bits per heavy atom. The molecule has 2 atom stereocenters. The van der Waals surface area contributed by atoms with Crippen LogP contribution in [0.1, 0.15) is 0 Å². The van der Waals surface area contributed by atoms with E-state index in [1.54, 1.807) is 0 Å². The summed E-state index contributed by atoms with van der Waals surface area (Å²) in [6.45, 7) is 0. The third-order valence-corrected chi connectivity index (χ3v) is 1.74. The Kier molecular flexibility index (Phi) is 3.88. The molecule has 0 aliphatic rings. The van der Waals surface area contributed by atoms with E-state index in [0.717, 1.165) is 0 Å². The van der Waals surface area contributed by atoms with Crippen molar-refractivity contribution >= 4 is 23.8 Å². The summed E-state index contributed by atoms with van der Waals surface area (Å²) in [5.74, 6) is 0. The fourth-order valence-electron chi connectivity index (χ4n) is 0.217. The fourth-order valence-corrected chi connectivity index (χ4v) is 1.00. The summed E-state index contributed by atoms with van der Waals surface area (Å²) in [6.07, 6.45) is -0.765. The number of phosphoric acid groups is 1. The van der Waals surface area contributed by atoms with Crippen LogP contribution in [-0.2, 0) is 9.09 Å². The highest BCUT2D eigenvalue weighted by molar-refractivity contribution is 9.09. The zero-order valence-corrected chi connectivity index (χ0v) is 6.97. The van der Waals surface area contributed by atoms with Crippen molar-refractivity contribution < 1.29 is 24.6 Å². The van der Waals surface area contributed by atoms with Crippen molar-refractivity contribution in [2.45, 2.75) is 6.23 Å². The first-order valence-corrected chi connectivity index (χ1v) is 4.68. The van der Waals surface area contributed by atoms with Crippen molar-refractivity contribution in [1.29, 1.82) is 0 Å². The number of phosphoric ester groups is 1. The van der Waals surface area contributed by atoms with Gasteiger partial charge in [0.25, 0.3) is 7.82 Å². The minimum atomic E-state index is -4.58. The maximum atomic E-state index is 9.90. The Morgan fingerprint density at radius 3 is 2.56 bits per heavy atom. The first-order chi connectivity index (χ1) is 3.95. The molecule has 0 spiro atoms. The molecule has 5 nitrogen and oxygen atoms in total. The van der Waals surface area contributed by atoms with Crippen LogP contribution < -0.4 is 10.6 Å². The van der Waals surface area contributed by atoms with E-state index in [-0.39, 0.29) is 5.33 Å². The molecule has 7 heteroatoms. The van der Waals surface area contributed by atoms with E-state index >= 15 is 0 Å². The van der Waals surface area contributed by atoms with E-state index in [2.05, 4.69) is 26.2 Å². The molecule has 0 amide bonds. The van der Waals surface area contributed by atoms with Gasteiger partial charge in [-0.25, -0.2) is 0 Å². The molecule has 0 heterocycles. The van der Waals surface area contributed by atoms with Crippen molar-refractivity contribution in [3.63, 3.8) is 0 Å². The summed E-state index contributed by atoms with van der Waals surface area (Å²) < 4.78 is 13.9. The van der Waals surface area contributed by atoms with Gasteiger partial charge in [-0.3, -0.25) is 9.09 Å². The van der Waals surface area contributed by atoms with E-state index in [1.807, 2.05) is 0 Å². The number of alkyl halides is 1. The van der Waals surface area contributed by atoms with Crippen LogP contribution in [0.3, 0.4) is 0 Å². The molecule has 1 unspecified atom stereocenters. The molecule has 0 aromatic rings. The number of hydrogen-bond acceptors (Lipinski definition) is 3. The molecule has 0 aromatic heterocycles. The second kappa shape index (κ2) is 3.65. The monoisotopic (exact) mass is 219 g/mol. The molecule has 0 aromatic carbocycles. The summed E-state index contributed by atoms with van der Waals surface area (Å²) in [7, 11) is -4.58.